The predicted octanol–water partition coefficient (Wildman–Crippen LogP) is 4.09. The number of anilines is 1. The number of para-hydroxylation sites is 1. The fourth-order valence-electron chi connectivity index (χ4n) is 2.80. The van der Waals surface area contributed by atoms with Crippen molar-refractivity contribution in [1.82, 2.24) is 0 Å². The van der Waals surface area contributed by atoms with Crippen LogP contribution in [0.25, 0.3) is 21.8 Å². The molecule has 0 bridgehead atoms. The topological polar surface area (TPSA) is 46.2 Å². The first-order valence-electron chi connectivity index (χ1n) is 6.97. The van der Waals surface area contributed by atoms with Crippen molar-refractivity contribution in [3.63, 3.8) is 0 Å². The summed E-state index contributed by atoms with van der Waals surface area (Å²) in [4.78, 5) is 0.319. The molecule has 22 heavy (non-hydrogen) atoms. The molecule has 3 aromatic rings. The summed E-state index contributed by atoms with van der Waals surface area (Å²) in [6.07, 6.45) is 1.75. The third-order valence-electron chi connectivity index (χ3n) is 3.84. The van der Waals surface area contributed by atoms with Gasteiger partial charge in [0.15, 0.2) is 0 Å². The number of nitrogens with one attached hydrogen (secondary N) is 1. The Kier molecular flexibility index (Phi) is 2.81. The Labute approximate surface area is 129 Å². The third-order valence-corrected chi connectivity index (χ3v) is 5.24. The average molecular weight is 307 g/mol. The molecule has 0 aliphatic carbocycles. The van der Waals surface area contributed by atoms with Crippen molar-refractivity contribution in [3.8, 4) is 0 Å². The van der Waals surface area contributed by atoms with Crippen LogP contribution in [0.4, 0.5) is 5.69 Å². The average Bonchev–Trinajstić information content (AvgIpc) is 2.78. The van der Waals surface area contributed by atoms with Crippen LogP contribution in [0.1, 0.15) is 11.1 Å². The summed E-state index contributed by atoms with van der Waals surface area (Å²) in [6.45, 7) is 0. The van der Waals surface area contributed by atoms with Crippen molar-refractivity contribution in [2.24, 2.45) is 0 Å². The minimum absolute atomic E-state index is 0.319. The van der Waals surface area contributed by atoms with Crippen LogP contribution in [0.2, 0.25) is 0 Å². The predicted molar refractivity (Wildman–Crippen MR) is 90.8 cm³/mol. The molecule has 0 radical (unpaired) electrons. The molecular weight excluding hydrogens is 294 g/mol. The Morgan fingerprint density at radius 3 is 2.45 bits per heavy atom. The van der Waals surface area contributed by atoms with Gasteiger partial charge in [-0.1, -0.05) is 60.7 Å². The Hall–Kier alpha value is -2.59. The molecule has 0 atom stereocenters. The zero-order valence-corrected chi connectivity index (χ0v) is 12.5. The number of benzene rings is 3. The Morgan fingerprint density at radius 2 is 1.55 bits per heavy atom. The van der Waals surface area contributed by atoms with Gasteiger partial charge in [0, 0.05) is 5.56 Å². The molecule has 0 saturated heterocycles. The summed E-state index contributed by atoms with van der Waals surface area (Å²) in [5.41, 5.74) is 2.25. The highest BCUT2D eigenvalue weighted by Gasteiger charge is 2.29. The standard InChI is InChI=1S/C18H13NO2S/c20-22(21)18(16-10-3-4-11-17(16)19-22)12-14-8-5-7-13-6-1-2-9-15(13)14/h1-12,19H. The van der Waals surface area contributed by atoms with Crippen LogP contribution in [0, 0.1) is 0 Å². The fraction of sp³-hybridized carbons (Fsp3) is 0. The lowest BCUT2D eigenvalue weighted by Crippen LogP contribution is -2.05. The summed E-state index contributed by atoms with van der Waals surface area (Å²) in [5.74, 6) is 0. The van der Waals surface area contributed by atoms with Crippen LogP contribution in [0.3, 0.4) is 0 Å². The van der Waals surface area contributed by atoms with Crippen molar-refractivity contribution >= 4 is 37.5 Å². The van der Waals surface area contributed by atoms with Crippen LogP contribution in [0.15, 0.2) is 66.7 Å². The van der Waals surface area contributed by atoms with Crippen LogP contribution in [-0.2, 0) is 10.0 Å². The van der Waals surface area contributed by atoms with E-state index in [9.17, 15) is 8.42 Å². The number of hydrogen-bond donors (Lipinski definition) is 1. The zero-order chi connectivity index (χ0) is 15.2. The minimum atomic E-state index is -3.50. The van der Waals surface area contributed by atoms with Gasteiger partial charge in [0.2, 0.25) is 0 Å². The highest BCUT2D eigenvalue weighted by Crippen LogP contribution is 2.38. The lowest BCUT2D eigenvalue weighted by molar-refractivity contribution is 0.611. The highest BCUT2D eigenvalue weighted by molar-refractivity contribution is 8.02. The van der Waals surface area contributed by atoms with Gasteiger partial charge in [0.25, 0.3) is 10.0 Å². The van der Waals surface area contributed by atoms with Gasteiger partial charge in [0.1, 0.15) is 0 Å². The van der Waals surface area contributed by atoms with Crippen molar-refractivity contribution < 1.29 is 8.42 Å². The lowest BCUT2D eigenvalue weighted by Gasteiger charge is -2.04. The molecule has 0 aromatic heterocycles. The molecule has 4 heteroatoms. The molecule has 1 aliphatic rings. The van der Waals surface area contributed by atoms with E-state index < -0.39 is 10.0 Å². The summed E-state index contributed by atoms with van der Waals surface area (Å²) < 4.78 is 27.4. The number of sulfonamides is 1. The second-order valence-corrected chi connectivity index (χ2v) is 6.88. The Morgan fingerprint density at radius 1 is 0.818 bits per heavy atom. The molecule has 0 saturated carbocycles. The van der Waals surface area contributed by atoms with Crippen LogP contribution in [-0.4, -0.2) is 8.42 Å². The van der Waals surface area contributed by atoms with Gasteiger partial charge >= 0.3 is 0 Å². The van der Waals surface area contributed by atoms with Crippen molar-refractivity contribution in [3.05, 3.63) is 77.9 Å². The van der Waals surface area contributed by atoms with Gasteiger partial charge in [-0.15, -0.1) is 0 Å². The largest absolute Gasteiger partial charge is 0.279 e. The van der Waals surface area contributed by atoms with Crippen molar-refractivity contribution in [2.45, 2.75) is 0 Å². The molecule has 0 fully saturated rings. The number of fused-ring (bicyclic) bond motifs is 2. The normalized spacial score (nSPS) is 17.4. The molecule has 3 aromatic carbocycles. The highest BCUT2D eigenvalue weighted by atomic mass is 32.2. The van der Waals surface area contributed by atoms with E-state index >= 15 is 0 Å². The lowest BCUT2D eigenvalue weighted by atomic mass is 10.0. The van der Waals surface area contributed by atoms with Gasteiger partial charge in [-0.25, -0.2) is 8.42 Å². The fourth-order valence-corrected chi connectivity index (χ4v) is 4.13. The second kappa shape index (κ2) is 4.71. The van der Waals surface area contributed by atoms with E-state index in [1.54, 1.807) is 12.1 Å². The van der Waals surface area contributed by atoms with Gasteiger partial charge in [0.05, 0.1) is 10.6 Å². The van der Waals surface area contributed by atoms with E-state index in [2.05, 4.69) is 4.72 Å². The van der Waals surface area contributed by atoms with E-state index in [4.69, 9.17) is 0 Å². The molecule has 108 valence electrons. The van der Waals surface area contributed by atoms with Crippen LogP contribution in [0.5, 0.6) is 0 Å². The zero-order valence-electron chi connectivity index (χ0n) is 11.7. The van der Waals surface area contributed by atoms with E-state index in [0.717, 1.165) is 21.9 Å². The van der Waals surface area contributed by atoms with E-state index in [1.165, 1.54) is 0 Å². The quantitative estimate of drug-likeness (QED) is 0.736. The van der Waals surface area contributed by atoms with E-state index in [0.29, 0.717) is 10.6 Å². The Bertz CT molecular complexity index is 1010. The molecule has 0 spiro atoms. The first-order valence-corrected chi connectivity index (χ1v) is 8.45. The SMILES string of the molecule is O=S1(=O)Nc2ccccc2C1=Cc1cccc2ccccc12. The maximum atomic E-state index is 12.4. The van der Waals surface area contributed by atoms with Crippen molar-refractivity contribution in [1.29, 1.82) is 0 Å². The maximum absolute atomic E-state index is 12.4. The molecule has 1 N–H and O–H groups in total. The monoisotopic (exact) mass is 307 g/mol. The van der Waals surface area contributed by atoms with E-state index in [-0.39, 0.29) is 0 Å². The molecule has 1 aliphatic heterocycles. The molecular formula is C18H13NO2S. The summed E-state index contributed by atoms with van der Waals surface area (Å²) in [7, 11) is -3.50. The third kappa shape index (κ3) is 2.00. The van der Waals surface area contributed by atoms with Gasteiger partial charge < -0.3 is 0 Å². The molecule has 0 unspecified atom stereocenters. The van der Waals surface area contributed by atoms with Crippen LogP contribution >= 0.6 is 0 Å². The number of rotatable bonds is 1. The first kappa shape index (κ1) is 13.1. The van der Waals surface area contributed by atoms with E-state index in [1.807, 2.05) is 60.7 Å². The Balaban J connectivity index is 1.99. The molecule has 3 nitrogen and oxygen atoms in total. The van der Waals surface area contributed by atoms with Crippen LogP contribution < -0.4 is 4.72 Å². The minimum Gasteiger partial charge on any atom is -0.279 e. The summed E-state index contributed by atoms with van der Waals surface area (Å²) in [5, 5.41) is 2.13. The van der Waals surface area contributed by atoms with Gasteiger partial charge in [-0.3, -0.25) is 4.72 Å². The summed E-state index contributed by atoms with van der Waals surface area (Å²) >= 11 is 0. The second-order valence-electron chi connectivity index (χ2n) is 5.23. The molecule has 1 heterocycles. The molecule has 0 amide bonds. The maximum Gasteiger partial charge on any atom is 0.262 e. The smallest absolute Gasteiger partial charge is 0.262 e. The first-order chi connectivity index (χ1) is 10.6. The molecule has 4 rings (SSSR count). The van der Waals surface area contributed by atoms with Gasteiger partial charge in [-0.05, 0) is 28.5 Å². The number of hydrogen-bond acceptors (Lipinski definition) is 2. The van der Waals surface area contributed by atoms with Gasteiger partial charge in [-0.2, -0.15) is 0 Å². The van der Waals surface area contributed by atoms with Crippen molar-refractivity contribution in [2.75, 3.05) is 4.72 Å². The summed E-state index contributed by atoms with van der Waals surface area (Å²) in [6, 6.07) is 21.1.